The van der Waals surface area contributed by atoms with Crippen LogP contribution in [0.25, 0.3) is 0 Å². The number of halogens is 2. The van der Waals surface area contributed by atoms with Gasteiger partial charge >= 0.3 is 0 Å². The summed E-state index contributed by atoms with van der Waals surface area (Å²) in [6, 6.07) is 13.6. The number of aliphatic hydroxyl groups excluding tert-OH is 1. The molecule has 0 aliphatic heterocycles. The highest BCUT2D eigenvalue weighted by Crippen LogP contribution is 2.35. The molecule has 1 unspecified atom stereocenters. The van der Waals surface area contributed by atoms with E-state index in [-0.39, 0.29) is 0 Å². The summed E-state index contributed by atoms with van der Waals surface area (Å²) in [5, 5.41) is 10.3. The quantitative estimate of drug-likeness (QED) is 0.815. The van der Waals surface area contributed by atoms with Gasteiger partial charge in [-0.2, -0.15) is 0 Å². The van der Waals surface area contributed by atoms with Crippen molar-refractivity contribution in [2.24, 2.45) is 0 Å². The van der Waals surface area contributed by atoms with Crippen LogP contribution in [0.3, 0.4) is 0 Å². The van der Waals surface area contributed by atoms with Crippen LogP contribution in [-0.4, -0.2) is 5.11 Å². The third-order valence-electron chi connectivity index (χ3n) is 2.48. The van der Waals surface area contributed by atoms with Gasteiger partial charge in [-0.1, -0.05) is 29.4 Å². The SMILES string of the molecule is CC(O)c1ccc(Sc2ccc(Cl)cc2)c(Br)c1. The lowest BCUT2D eigenvalue weighted by atomic mass is 10.1. The van der Waals surface area contributed by atoms with E-state index in [9.17, 15) is 5.11 Å². The Morgan fingerprint density at radius 3 is 2.39 bits per heavy atom. The molecular weight excluding hydrogens is 332 g/mol. The Labute approximate surface area is 124 Å². The molecule has 1 atom stereocenters. The van der Waals surface area contributed by atoms with Gasteiger partial charge in [0.2, 0.25) is 0 Å². The van der Waals surface area contributed by atoms with Gasteiger partial charge < -0.3 is 5.11 Å². The molecule has 2 aromatic carbocycles. The van der Waals surface area contributed by atoms with Crippen molar-refractivity contribution in [2.45, 2.75) is 22.8 Å². The fourth-order valence-electron chi connectivity index (χ4n) is 1.49. The molecule has 0 heterocycles. The summed E-state index contributed by atoms with van der Waals surface area (Å²) in [7, 11) is 0. The molecule has 0 saturated carbocycles. The summed E-state index contributed by atoms with van der Waals surface area (Å²) in [5.74, 6) is 0. The number of rotatable bonds is 3. The van der Waals surface area contributed by atoms with Crippen LogP contribution in [0.5, 0.6) is 0 Å². The molecule has 1 nitrogen and oxygen atoms in total. The molecule has 2 aromatic rings. The first-order valence-electron chi connectivity index (χ1n) is 5.47. The average molecular weight is 344 g/mol. The van der Waals surface area contributed by atoms with Crippen LogP contribution < -0.4 is 0 Å². The molecular formula is C14H12BrClOS. The topological polar surface area (TPSA) is 20.2 Å². The Hall–Kier alpha value is -0.480. The van der Waals surface area contributed by atoms with Crippen molar-refractivity contribution in [3.05, 3.63) is 57.5 Å². The van der Waals surface area contributed by atoms with Crippen molar-refractivity contribution in [1.82, 2.24) is 0 Å². The maximum absolute atomic E-state index is 9.52. The van der Waals surface area contributed by atoms with Crippen molar-refractivity contribution in [3.8, 4) is 0 Å². The summed E-state index contributed by atoms with van der Waals surface area (Å²) < 4.78 is 0.987. The second-order valence-electron chi connectivity index (χ2n) is 3.92. The van der Waals surface area contributed by atoms with E-state index >= 15 is 0 Å². The van der Waals surface area contributed by atoms with E-state index in [4.69, 9.17) is 11.6 Å². The van der Waals surface area contributed by atoms with Gasteiger partial charge in [0.05, 0.1) is 6.10 Å². The van der Waals surface area contributed by atoms with E-state index in [1.807, 2.05) is 42.5 Å². The molecule has 4 heteroatoms. The lowest BCUT2D eigenvalue weighted by Gasteiger charge is -2.09. The van der Waals surface area contributed by atoms with E-state index in [0.717, 1.165) is 24.8 Å². The normalized spacial score (nSPS) is 12.4. The summed E-state index contributed by atoms with van der Waals surface area (Å²) >= 11 is 11.0. The standard InChI is InChI=1S/C14H12BrClOS/c1-9(17)10-2-7-14(13(15)8-10)18-12-5-3-11(16)4-6-12/h2-9,17H,1H3. The van der Waals surface area contributed by atoms with Crippen LogP contribution in [0.15, 0.2) is 56.7 Å². The molecule has 94 valence electrons. The molecule has 0 aliphatic rings. The third-order valence-corrected chi connectivity index (χ3v) is 4.73. The zero-order valence-corrected chi connectivity index (χ0v) is 12.9. The van der Waals surface area contributed by atoms with E-state index in [1.54, 1.807) is 18.7 Å². The molecule has 0 radical (unpaired) electrons. The van der Waals surface area contributed by atoms with Gasteiger partial charge in [0.1, 0.15) is 0 Å². The van der Waals surface area contributed by atoms with E-state index in [1.165, 1.54) is 0 Å². The molecule has 0 fully saturated rings. The van der Waals surface area contributed by atoms with Crippen molar-refractivity contribution in [3.63, 3.8) is 0 Å². The number of benzene rings is 2. The van der Waals surface area contributed by atoms with Gasteiger partial charge in [-0.3, -0.25) is 0 Å². The highest BCUT2D eigenvalue weighted by atomic mass is 79.9. The van der Waals surface area contributed by atoms with Crippen LogP contribution >= 0.6 is 39.3 Å². The van der Waals surface area contributed by atoms with Crippen LogP contribution in [0.4, 0.5) is 0 Å². The Kier molecular flexibility index (Phi) is 4.73. The summed E-state index contributed by atoms with van der Waals surface area (Å²) in [4.78, 5) is 2.24. The van der Waals surface area contributed by atoms with Gasteiger partial charge in [-0.15, -0.1) is 0 Å². The van der Waals surface area contributed by atoms with E-state index < -0.39 is 6.10 Å². The van der Waals surface area contributed by atoms with Gasteiger partial charge in [-0.25, -0.2) is 0 Å². The first kappa shape index (κ1) is 13.9. The zero-order chi connectivity index (χ0) is 13.1. The number of aliphatic hydroxyl groups is 1. The molecule has 0 spiro atoms. The molecule has 0 saturated heterocycles. The van der Waals surface area contributed by atoms with Crippen LogP contribution in [0.2, 0.25) is 5.02 Å². The fraction of sp³-hybridized carbons (Fsp3) is 0.143. The van der Waals surface area contributed by atoms with Crippen molar-refractivity contribution >= 4 is 39.3 Å². The number of hydrogen-bond acceptors (Lipinski definition) is 2. The molecule has 18 heavy (non-hydrogen) atoms. The monoisotopic (exact) mass is 342 g/mol. The molecule has 1 N–H and O–H groups in total. The number of hydrogen-bond donors (Lipinski definition) is 1. The van der Waals surface area contributed by atoms with E-state index in [2.05, 4.69) is 15.9 Å². The Morgan fingerprint density at radius 1 is 1.17 bits per heavy atom. The minimum Gasteiger partial charge on any atom is -0.389 e. The van der Waals surface area contributed by atoms with Crippen LogP contribution in [0.1, 0.15) is 18.6 Å². The summed E-state index contributed by atoms with van der Waals surface area (Å²) in [6.07, 6.45) is -0.448. The second-order valence-corrected chi connectivity index (χ2v) is 6.33. The molecule has 2 rings (SSSR count). The molecule has 0 amide bonds. The third kappa shape index (κ3) is 3.51. The first-order chi connectivity index (χ1) is 8.56. The largest absolute Gasteiger partial charge is 0.389 e. The predicted octanol–water partition coefficient (Wildman–Crippen LogP) is 5.31. The van der Waals surface area contributed by atoms with Gasteiger partial charge in [0.15, 0.2) is 0 Å². The maximum atomic E-state index is 9.52. The lowest BCUT2D eigenvalue weighted by molar-refractivity contribution is 0.199. The van der Waals surface area contributed by atoms with Crippen molar-refractivity contribution < 1.29 is 5.11 Å². The minimum absolute atomic E-state index is 0.448. The maximum Gasteiger partial charge on any atom is 0.0762 e. The smallest absolute Gasteiger partial charge is 0.0762 e. The van der Waals surface area contributed by atoms with Crippen molar-refractivity contribution in [2.75, 3.05) is 0 Å². The first-order valence-corrected chi connectivity index (χ1v) is 7.46. The van der Waals surface area contributed by atoms with E-state index in [0.29, 0.717) is 0 Å². The Morgan fingerprint density at radius 2 is 1.83 bits per heavy atom. The predicted molar refractivity (Wildman–Crippen MR) is 80.4 cm³/mol. The summed E-state index contributed by atoms with van der Waals surface area (Å²) in [5.41, 5.74) is 0.905. The molecule has 0 aliphatic carbocycles. The molecule has 0 bridgehead atoms. The second kappa shape index (κ2) is 6.11. The van der Waals surface area contributed by atoms with Crippen LogP contribution in [0, 0.1) is 0 Å². The molecule has 0 aromatic heterocycles. The minimum atomic E-state index is -0.448. The average Bonchev–Trinajstić information content (AvgIpc) is 2.34. The zero-order valence-electron chi connectivity index (χ0n) is 9.73. The Balaban J connectivity index is 2.22. The fourth-order valence-corrected chi connectivity index (χ4v) is 3.07. The highest BCUT2D eigenvalue weighted by Gasteiger charge is 2.06. The van der Waals surface area contributed by atoms with Crippen LogP contribution in [-0.2, 0) is 0 Å². The summed E-state index contributed by atoms with van der Waals surface area (Å²) in [6.45, 7) is 1.76. The Bertz CT molecular complexity index is 540. The van der Waals surface area contributed by atoms with Gasteiger partial charge in [0, 0.05) is 19.3 Å². The lowest BCUT2D eigenvalue weighted by Crippen LogP contribution is -1.90. The van der Waals surface area contributed by atoms with Gasteiger partial charge in [0.25, 0.3) is 0 Å². The van der Waals surface area contributed by atoms with Crippen molar-refractivity contribution in [1.29, 1.82) is 0 Å². The van der Waals surface area contributed by atoms with Gasteiger partial charge in [-0.05, 0) is 64.8 Å². The highest BCUT2D eigenvalue weighted by molar-refractivity contribution is 9.10.